The molecular weight excluding hydrogens is 246 g/mol. The van der Waals surface area contributed by atoms with Crippen molar-refractivity contribution in [1.82, 2.24) is 4.48 Å². The molecule has 20 heavy (non-hydrogen) atoms. The molecule has 0 bridgehead atoms. The molecule has 0 amide bonds. The van der Waals surface area contributed by atoms with Gasteiger partial charge in [-0.1, -0.05) is 36.4 Å². The van der Waals surface area contributed by atoms with Crippen LogP contribution in [0.2, 0.25) is 0 Å². The van der Waals surface area contributed by atoms with Crippen LogP contribution in [-0.2, 0) is 0 Å². The molecule has 3 heteroatoms. The van der Waals surface area contributed by atoms with Gasteiger partial charge < -0.3 is 0 Å². The van der Waals surface area contributed by atoms with Crippen LogP contribution in [0.5, 0.6) is 0 Å². The van der Waals surface area contributed by atoms with Crippen molar-refractivity contribution in [2.75, 3.05) is 0 Å². The van der Waals surface area contributed by atoms with E-state index in [-0.39, 0.29) is 0 Å². The second-order valence-electron chi connectivity index (χ2n) is 4.57. The first-order chi connectivity index (χ1) is 9.88. The minimum Gasteiger partial charge on any atom is -0.201 e. The first-order valence-electron chi connectivity index (χ1n) is 6.50. The lowest BCUT2D eigenvalue weighted by Crippen LogP contribution is -2.42. The first kappa shape index (κ1) is 12.3. The smallest absolute Gasteiger partial charge is 0.201 e. The minimum atomic E-state index is 0.302. The van der Waals surface area contributed by atoms with E-state index in [4.69, 9.17) is 5.26 Å². The van der Waals surface area contributed by atoms with E-state index in [0.717, 1.165) is 17.2 Å². The van der Waals surface area contributed by atoms with Crippen LogP contribution in [0.4, 0.5) is 11.4 Å². The molecule has 0 aliphatic carbocycles. The maximum absolute atomic E-state index is 9.08. The standard InChI is InChI=1S/C17H14N3/c18-12-11-17-19-13-14-20(17,15-7-3-1-4-8-15)16-9-5-2-6-10-16/h1-10,13-14H,11H2/q+1. The number of rotatable bonds is 3. The Bertz CT molecular complexity index is 655. The van der Waals surface area contributed by atoms with Crippen molar-refractivity contribution in [3.63, 3.8) is 0 Å². The highest BCUT2D eigenvalue weighted by atomic mass is 15.4. The average Bonchev–Trinajstić information content (AvgIpc) is 2.94. The summed E-state index contributed by atoms with van der Waals surface area (Å²) in [7, 11) is 0. The van der Waals surface area contributed by atoms with E-state index >= 15 is 0 Å². The predicted octanol–water partition coefficient (Wildman–Crippen LogP) is 4.12. The van der Waals surface area contributed by atoms with Crippen LogP contribution >= 0.6 is 0 Å². The van der Waals surface area contributed by atoms with Crippen molar-refractivity contribution in [1.29, 1.82) is 5.26 Å². The molecule has 0 saturated carbocycles. The SMILES string of the molecule is N#CCC1=NC=C[N+]1(c1ccccc1)c1ccccc1. The minimum absolute atomic E-state index is 0.302. The third kappa shape index (κ3) is 1.83. The predicted molar refractivity (Wildman–Crippen MR) is 81.1 cm³/mol. The molecule has 0 N–H and O–H groups in total. The van der Waals surface area contributed by atoms with E-state index in [9.17, 15) is 0 Å². The van der Waals surface area contributed by atoms with Gasteiger partial charge in [-0.3, -0.25) is 0 Å². The fourth-order valence-corrected chi connectivity index (χ4v) is 2.58. The maximum atomic E-state index is 9.08. The van der Waals surface area contributed by atoms with Gasteiger partial charge in [-0.05, 0) is 0 Å². The van der Waals surface area contributed by atoms with Gasteiger partial charge in [0.1, 0.15) is 24.0 Å². The monoisotopic (exact) mass is 260 g/mol. The van der Waals surface area contributed by atoms with E-state index < -0.39 is 0 Å². The van der Waals surface area contributed by atoms with Crippen LogP contribution in [-0.4, -0.2) is 5.84 Å². The quantitative estimate of drug-likeness (QED) is 0.764. The summed E-state index contributed by atoms with van der Waals surface area (Å²) >= 11 is 0. The Balaban J connectivity index is 2.23. The molecule has 2 aromatic rings. The molecule has 0 spiro atoms. The van der Waals surface area contributed by atoms with E-state index in [1.807, 2.05) is 42.6 Å². The first-order valence-corrected chi connectivity index (χ1v) is 6.50. The summed E-state index contributed by atoms with van der Waals surface area (Å²) in [5, 5.41) is 9.08. The van der Waals surface area contributed by atoms with E-state index in [0.29, 0.717) is 10.9 Å². The maximum Gasteiger partial charge on any atom is 0.232 e. The van der Waals surface area contributed by atoms with Gasteiger partial charge in [-0.2, -0.15) is 9.74 Å². The van der Waals surface area contributed by atoms with Crippen LogP contribution in [0.3, 0.4) is 0 Å². The molecule has 0 saturated heterocycles. The largest absolute Gasteiger partial charge is 0.232 e. The highest BCUT2D eigenvalue weighted by Gasteiger charge is 2.40. The van der Waals surface area contributed by atoms with Crippen LogP contribution in [0.25, 0.3) is 0 Å². The van der Waals surface area contributed by atoms with Crippen LogP contribution in [0.15, 0.2) is 78.1 Å². The zero-order valence-corrected chi connectivity index (χ0v) is 11.0. The van der Waals surface area contributed by atoms with Gasteiger partial charge in [0.2, 0.25) is 5.84 Å². The van der Waals surface area contributed by atoms with E-state index in [1.54, 1.807) is 6.20 Å². The zero-order chi connectivity index (χ0) is 13.8. The van der Waals surface area contributed by atoms with Crippen molar-refractivity contribution < 1.29 is 0 Å². The van der Waals surface area contributed by atoms with Gasteiger partial charge in [0.25, 0.3) is 0 Å². The van der Waals surface area contributed by atoms with E-state index in [2.05, 4.69) is 35.3 Å². The Kier molecular flexibility index (Phi) is 3.16. The molecule has 1 heterocycles. The summed E-state index contributed by atoms with van der Waals surface area (Å²) < 4.78 is 0.398. The number of quaternary nitrogens is 1. The molecule has 2 aromatic carbocycles. The number of nitriles is 1. The lowest BCUT2D eigenvalue weighted by Gasteiger charge is -2.30. The van der Waals surface area contributed by atoms with Crippen molar-refractivity contribution in [2.24, 2.45) is 4.99 Å². The number of amidine groups is 1. The molecule has 0 atom stereocenters. The molecule has 0 radical (unpaired) electrons. The summed E-state index contributed by atoms with van der Waals surface area (Å²) in [4.78, 5) is 4.42. The highest BCUT2D eigenvalue weighted by molar-refractivity contribution is 6.03. The molecular formula is C17H14N3+. The Morgan fingerprint density at radius 2 is 1.45 bits per heavy atom. The third-order valence-electron chi connectivity index (χ3n) is 3.49. The summed E-state index contributed by atoms with van der Waals surface area (Å²) in [6, 6.07) is 22.5. The molecule has 0 unspecified atom stereocenters. The number of aliphatic imine (C=N–C) groups is 1. The van der Waals surface area contributed by atoms with Gasteiger partial charge in [-0.25, -0.2) is 4.99 Å². The van der Waals surface area contributed by atoms with Gasteiger partial charge >= 0.3 is 0 Å². The number of hydrogen-bond acceptors (Lipinski definition) is 2. The molecule has 0 aromatic heterocycles. The number of para-hydroxylation sites is 2. The Labute approximate surface area is 118 Å². The van der Waals surface area contributed by atoms with Crippen molar-refractivity contribution in [3.05, 3.63) is 73.1 Å². The van der Waals surface area contributed by atoms with Crippen LogP contribution in [0.1, 0.15) is 6.42 Å². The Morgan fingerprint density at radius 3 is 1.95 bits per heavy atom. The van der Waals surface area contributed by atoms with Crippen molar-refractivity contribution >= 4 is 17.2 Å². The Morgan fingerprint density at radius 1 is 0.900 bits per heavy atom. The fourth-order valence-electron chi connectivity index (χ4n) is 2.58. The van der Waals surface area contributed by atoms with E-state index in [1.165, 1.54) is 0 Å². The van der Waals surface area contributed by atoms with Crippen molar-refractivity contribution in [2.45, 2.75) is 6.42 Å². The number of benzene rings is 2. The molecule has 3 nitrogen and oxygen atoms in total. The van der Waals surface area contributed by atoms with Gasteiger partial charge in [-0.15, -0.1) is 0 Å². The number of nitrogens with zero attached hydrogens (tertiary/aromatic N) is 3. The lowest BCUT2D eigenvalue weighted by molar-refractivity contribution is 0.735. The molecule has 0 fully saturated rings. The molecule has 3 rings (SSSR count). The third-order valence-corrected chi connectivity index (χ3v) is 3.49. The number of hydrogen-bond donors (Lipinski definition) is 0. The van der Waals surface area contributed by atoms with Gasteiger partial charge in [0.15, 0.2) is 0 Å². The zero-order valence-electron chi connectivity index (χ0n) is 11.0. The molecule has 1 aliphatic rings. The summed E-state index contributed by atoms with van der Waals surface area (Å²) in [6.07, 6.45) is 4.11. The summed E-state index contributed by atoms with van der Waals surface area (Å²) in [5.41, 5.74) is 2.17. The Hall–Kier alpha value is -2.70. The summed E-state index contributed by atoms with van der Waals surface area (Å²) in [5.74, 6) is 0.824. The second kappa shape index (κ2) is 5.12. The lowest BCUT2D eigenvalue weighted by atomic mass is 10.1. The van der Waals surface area contributed by atoms with Crippen molar-refractivity contribution in [3.8, 4) is 6.07 Å². The van der Waals surface area contributed by atoms with Gasteiger partial charge in [0.05, 0.1) is 12.3 Å². The normalized spacial score (nSPS) is 15.7. The summed E-state index contributed by atoms with van der Waals surface area (Å²) in [6.45, 7) is 0. The molecule has 1 aliphatic heterocycles. The van der Waals surface area contributed by atoms with Crippen LogP contribution in [0, 0.1) is 11.3 Å². The molecule has 96 valence electrons. The fraction of sp³-hybridized carbons (Fsp3) is 0.0588. The topological polar surface area (TPSA) is 36.1 Å². The van der Waals surface area contributed by atoms with Gasteiger partial charge in [0, 0.05) is 24.3 Å². The van der Waals surface area contributed by atoms with Crippen LogP contribution < -0.4 is 4.48 Å². The highest BCUT2D eigenvalue weighted by Crippen LogP contribution is 2.38. The second-order valence-corrected chi connectivity index (χ2v) is 4.57. The average molecular weight is 260 g/mol.